The van der Waals surface area contributed by atoms with Crippen molar-refractivity contribution in [1.82, 2.24) is 4.90 Å². The molecule has 0 aliphatic heterocycles. The Hall–Kier alpha value is -0.860. The largest absolute Gasteiger partial charge is 0.323 e. The average Bonchev–Trinajstić information content (AvgIpc) is 2.28. The van der Waals surface area contributed by atoms with Gasteiger partial charge in [-0.1, -0.05) is 45.0 Å². The van der Waals surface area contributed by atoms with E-state index < -0.39 is 0 Å². The van der Waals surface area contributed by atoms with Gasteiger partial charge in [0.05, 0.1) is 0 Å². The fourth-order valence-electron chi connectivity index (χ4n) is 1.70. The van der Waals surface area contributed by atoms with Gasteiger partial charge in [0.1, 0.15) is 0 Å². The number of likely N-dealkylation sites (N-methyl/N-ethyl adjacent to an activating group) is 1. The molecule has 0 spiro atoms. The first-order chi connectivity index (χ1) is 7.54. The van der Waals surface area contributed by atoms with Crippen LogP contribution in [0.3, 0.4) is 0 Å². The Labute approximate surface area is 99.5 Å². The summed E-state index contributed by atoms with van der Waals surface area (Å²) in [5.41, 5.74) is 8.76. The van der Waals surface area contributed by atoms with Crippen molar-refractivity contribution in [3.63, 3.8) is 0 Å². The van der Waals surface area contributed by atoms with E-state index in [2.05, 4.69) is 57.0 Å². The summed E-state index contributed by atoms with van der Waals surface area (Å²) in [5.74, 6) is 0.587. The second-order valence-electron chi connectivity index (χ2n) is 4.78. The first-order valence-corrected chi connectivity index (χ1v) is 6.08. The van der Waals surface area contributed by atoms with E-state index in [9.17, 15) is 0 Å². The minimum absolute atomic E-state index is 0.117. The highest BCUT2D eigenvalue weighted by Gasteiger charge is 2.08. The molecule has 1 aromatic rings. The molecule has 1 rings (SSSR count). The lowest BCUT2D eigenvalue weighted by Crippen LogP contribution is -2.28. The second-order valence-corrected chi connectivity index (χ2v) is 4.78. The normalized spacial score (nSPS) is 13.4. The number of hydrogen-bond donors (Lipinski definition) is 1. The van der Waals surface area contributed by atoms with Gasteiger partial charge in [0.2, 0.25) is 0 Å². The number of nitrogens with two attached hydrogens (primary N) is 1. The second kappa shape index (κ2) is 6.02. The van der Waals surface area contributed by atoms with E-state index in [1.54, 1.807) is 0 Å². The van der Waals surface area contributed by atoms with Crippen LogP contribution >= 0.6 is 0 Å². The lowest BCUT2D eigenvalue weighted by atomic mass is 9.99. The molecule has 2 heteroatoms. The summed E-state index contributed by atoms with van der Waals surface area (Å²) in [6, 6.07) is 8.80. The first kappa shape index (κ1) is 13.2. The highest BCUT2D eigenvalue weighted by molar-refractivity contribution is 5.26. The van der Waals surface area contributed by atoms with Crippen LogP contribution in [-0.4, -0.2) is 25.0 Å². The molecule has 0 aliphatic carbocycles. The summed E-state index contributed by atoms with van der Waals surface area (Å²) in [6.07, 6.45) is 0. The van der Waals surface area contributed by atoms with Gasteiger partial charge in [-0.15, -0.1) is 0 Å². The zero-order valence-corrected chi connectivity index (χ0v) is 10.9. The number of rotatable bonds is 5. The van der Waals surface area contributed by atoms with Crippen LogP contribution in [0, 0.1) is 0 Å². The summed E-state index contributed by atoms with van der Waals surface area (Å²) in [5, 5.41) is 0. The number of nitrogens with zero attached hydrogens (tertiary/aromatic N) is 1. The molecule has 0 saturated carbocycles. The molecule has 0 bridgehead atoms. The molecule has 0 heterocycles. The maximum Gasteiger partial charge on any atom is 0.0424 e. The fraction of sp³-hybridized carbons (Fsp3) is 0.571. The van der Waals surface area contributed by atoms with E-state index in [0.29, 0.717) is 5.92 Å². The lowest BCUT2D eigenvalue weighted by Gasteiger charge is -2.20. The van der Waals surface area contributed by atoms with Crippen LogP contribution in [-0.2, 0) is 0 Å². The van der Waals surface area contributed by atoms with E-state index >= 15 is 0 Å². The van der Waals surface area contributed by atoms with Gasteiger partial charge in [-0.05, 0) is 30.6 Å². The third-order valence-corrected chi connectivity index (χ3v) is 3.08. The average molecular weight is 220 g/mol. The lowest BCUT2D eigenvalue weighted by molar-refractivity contribution is 0.329. The Morgan fingerprint density at radius 3 is 2.06 bits per heavy atom. The van der Waals surface area contributed by atoms with Crippen LogP contribution in [0.25, 0.3) is 0 Å². The Morgan fingerprint density at radius 1 is 1.12 bits per heavy atom. The molecule has 2 N–H and O–H groups in total. The molecule has 16 heavy (non-hydrogen) atoms. The molecule has 2 nitrogen and oxygen atoms in total. The molecule has 0 aromatic heterocycles. The summed E-state index contributed by atoms with van der Waals surface area (Å²) >= 11 is 0. The van der Waals surface area contributed by atoms with Gasteiger partial charge in [-0.2, -0.15) is 0 Å². The number of hydrogen-bond acceptors (Lipinski definition) is 2. The molecule has 90 valence electrons. The Balaban J connectivity index is 2.66. The van der Waals surface area contributed by atoms with Crippen molar-refractivity contribution in [3.05, 3.63) is 35.4 Å². The van der Waals surface area contributed by atoms with E-state index in [0.717, 1.165) is 13.1 Å². The first-order valence-electron chi connectivity index (χ1n) is 6.08. The third-order valence-electron chi connectivity index (χ3n) is 3.08. The van der Waals surface area contributed by atoms with Crippen LogP contribution in [0.5, 0.6) is 0 Å². The third kappa shape index (κ3) is 3.62. The molecule has 0 saturated heterocycles. The van der Waals surface area contributed by atoms with Gasteiger partial charge in [0, 0.05) is 12.6 Å². The molecular formula is C14H24N2. The maximum absolute atomic E-state index is 6.16. The van der Waals surface area contributed by atoms with E-state index in [1.807, 2.05) is 0 Å². The summed E-state index contributed by atoms with van der Waals surface area (Å²) in [4.78, 5) is 2.24. The SMILES string of the molecule is CCN(C)CC(N)c1ccc(C(C)C)cc1. The Kier molecular flexibility index (Phi) is 4.97. The van der Waals surface area contributed by atoms with Crippen molar-refractivity contribution in [2.75, 3.05) is 20.1 Å². The Bertz CT molecular complexity index is 303. The molecular weight excluding hydrogens is 196 g/mol. The summed E-state index contributed by atoms with van der Waals surface area (Å²) in [6.45, 7) is 8.52. The van der Waals surface area contributed by atoms with Crippen LogP contribution in [0.4, 0.5) is 0 Å². The van der Waals surface area contributed by atoms with Gasteiger partial charge in [-0.25, -0.2) is 0 Å². The van der Waals surface area contributed by atoms with Crippen molar-refractivity contribution >= 4 is 0 Å². The van der Waals surface area contributed by atoms with Crippen molar-refractivity contribution in [3.8, 4) is 0 Å². The van der Waals surface area contributed by atoms with Gasteiger partial charge in [-0.3, -0.25) is 0 Å². The molecule has 0 radical (unpaired) electrons. The van der Waals surface area contributed by atoms with Gasteiger partial charge < -0.3 is 10.6 Å². The maximum atomic E-state index is 6.16. The minimum Gasteiger partial charge on any atom is -0.323 e. The predicted octanol–water partition coefficient (Wildman–Crippen LogP) is 2.76. The zero-order valence-electron chi connectivity index (χ0n) is 10.9. The molecule has 0 amide bonds. The smallest absolute Gasteiger partial charge is 0.0424 e. The highest BCUT2D eigenvalue weighted by atomic mass is 15.1. The predicted molar refractivity (Wildman–Crippen MR) is 70.6 cm³/mol. The monoisotopic (exact) mass is 220 g/mol. The fourth-order valence-corrected chi connectivity index (χ4v) is 1.70. The highest BCUT2D eigenvalue weighted by Crippen LogP contribution is 2.17. The van der Waals surface area contributed by atoms with Crippen LogP contribution < -0.4 is 5.73 Å². The summed E-state index contributed by atoms with van der Waals surface area (Å²) < 4.78 is 0. The Morgan fingerprint density at radius 2 is 1.62 bits per heavy atom. The number of benzene rings is 1. The van der Waals surface area contributed by atoms with E-state index in [1.165, 1.54) is 11.1 Å². The van der Waals surface area contributed by atoms with Crippen molar-refractivity contribution in [1.29, 1.82) is 0 Å². The molecule has 1 unspecified atom stereocenters. The standard InChI is InChI=1S/C14H24N2/c1-5-16(4)10-14(15)13-8-6-12(7-9-13)11(2)3/h6-9,11,14H,5,10,15H2,1-4H3. The van der Waals surface area contributed by atoms with Crippen molar-refractivity contribution in [2.45, 2.75) is 32.7 Å². The van der Waals surface area contributed by atoms with E-state index in [-0.39, 0.29) is 6.04 Å². The quantitative estimate of drug-likeness (QED) is 0.826. The molecule has 0 aliphatic rings. The minimum atomic E-state index is 0.117. The van der Waals surface area contributed by atoms with Gasteiger partial charge >= 0.3 is 0 Å². The summed E-state index contributed by atoms with van der Waals surface area (Å²) in [7, 11) is 2.10. The molecule has 1 atom stereocenters. The van der Waals surface area contributed by atoms with Crippen molar-refractivity contribution < 1.29 is 0 Å². The molecule has 0 fully saturated rings. The van der Waals surface area contributed by atoms with Crippen molar-refractivity contribution in [2.24, 2.45) is 5.73 Å². The topological polar surface area (TPSA) is 29.3 Å². The van der Waals surface area contributed by atoms with Gasteiger partial charge in [0.25, 0.3) is 0 Å². The van der Waals surface area contributed by atoms with Gasteiger partial charge in [0.15, 0.2) is 0 Å². The van der Waals surface area contributed by atoms with Crippen LogP contribution in [0.15, 0.2) is 24.3 Å². The van der Waals surface area contributed by atoms with E-state index in [4.69, 9.17) is 5.73 Å². The molecule has 1 aromatic carbocycles. The zero-order chi connectivity index (χ0) is 12.1. The van der Waals surface area contributed by atoms with Crippen LogP contribution in [0.2, 0.25) is 0 Å². The van der Waals surface area contributed by atoms with Crippen LogP contribution in [0.1, 0.15) is 43.9 Å².